The number of benzene rings is 1. The van der Waals surface area contributed by atoms with E-state index in [0.29, 0.717) is 40.6 Å². The smallest absolute Gasteiger partial charge is 0.387 e. The first-order chi connectivity index (χ1) is 19.8. The lowest BCUT2D eigenvalue weighted by Gasteiger charge is -2.32. The van der Waals surface area contributed by atoms with Gasteiger partial charge in [0.2, 0.25) is 0 Å². The van der Waals surface area contributed by atoms with Crippen molar-refractivity contribution in [3.05, 3.63) is 65.2 Å². The Balaban J connectivity index is 1.37. The fourth-order valence-corrected chi connectivity index (χ4v) is 5.12. The number of carbonyl (C=O) groups is 2. The molecule has 41 heavy (non-hydrogen) atoms. The van der Waals surface area contributed by atoms with Gasteiger partial charge < -0.3 is 20.1 Å². The lowest BCUT2D eigenvalue weighted by molar-refractivity contribution is -0.136. The number of nitrogens with one attached hydrogen (secondary N) is 1. The van der Waals surface area contributed by atoms with Crippen LogP contribution in [0.1, 0.15) is 28.8 Å². The molecular weight excluding hydrogens is 560 g/mol. The molecule has 0 amide bonds. The monoisotopic (exact) mass is 587 g/mol. The topological polar surface area (TPSA) is 127 Å². The number of hydrogen-bond acceptors (Lipinski definition) is 8. The van der Waals surface area contributed by atoms with Crippen molar-refractivity contribution in [1.29, 1.82) is 0 Å². The van der Waals surface area contributed by atoms with Crippen LogP contribution in [0.25, 0.3) is 16.9 Å². The van der Waals surface area contributed by atoms with Gasteiger partial charge in [0, 0.05) is 53.7 Å². The highest BCUT2D eigenvalue weighted by molar-refractivity contribution is 6.31. The molecule has 1 fully saturated rings. The molecule has 5 rings (SSSR count). The van der Waals surface area contributed by atoms with Crippen molar-refractivity contribution in [2.24, 2.45) is 0 Å². The van der Waals surface area contributed by atoms with E-state index < -0.39 is 12.6 Å². The van der Waals surface area contributed by atoms with Gasteiger partial charge in [0.15, 0.2) is 11.4 Å². The maximum atomic E-state index is 13.4. The molecule has 0 radical (unpaired) electrons. The van der Waals surface area contributed by atoms with Crippen molar-refractivity contribution >= 4 is 29.0 Å². The summed E-state index contributed by atoms with van der Waals surface area (Å²) < 4.78 is 34.4. The first-order valence-corrected chi connectivity index (χ1v) is 13.4. The molecule has 3 aromatic heterocycles. The predicted octanol–water partition coefficient (Wildman–Crippen LogP) is 3.41. The third kappa shape index (κ3) is 7.04. The van der Waals surface area contributed by atoms with Crippen molar-refractivity contribution in [2.75, 3.05) is 26.2 Å². The largest absolute Gasteiger partial charge is 0.480 e. The second-order valence-electron chi connectivity index (χ2n) is 9.72. The van der Waals surface area contributed by atoms with E-state index in [1.54, 1.807) is 29.3 Å². The molecule has 1 saturated heterocycles. The normalized spacial score (nSPS) is 14.6. The lowest BCUT2D eigenvalue weighted by Crippen LogP contribution is -2.44. The number of aromatic nitrogens is 5. The summed E-state index contributed by atoms with van der Waals surface area (Å²) in [6.45, 7) is -0.390. The molecule has 4 heterocycles. The van der Waals surface area contributed by atoms with Gasteiger partial charge >= 0.3 is 12.6 Å². The molecule has 11 nitrogen and oxygen atoms in total. The molecule has 1 aromatic carbocycles. The van der Waals surface area contributed by atoms with Crippen molar-refractivity contribution in [1.82, 2.24) is 34.6 Å². The first-order valence-electron chi connectivity index (χ1n) is 13.1. The van der Waals surface area contributed by atoms with Gasteiger partial charge in [-0.25, -0.2) is 9.50 Å². The summed E-state index contributed by atoms with van der Waals surface area (Å²) >= 11 is 6.22. The van der Waals surface area contributed by atoms with Gasteiger partial charge in [0.1, 0.15) is 5.75 Å². The first kappa shape index (κ1) is 28.6. The third-order valence-corrected chi connectivity index (χ3v) is 7.19. The zero-order valence-electron chi connectivity index (χ0n) is 21.9. The van der Waals surface area contributed by atoms with Gasteiger partial charge in [-0.15, -0.1) is 0 Å². The number of halogens is 3. The van der Waals surface area contributed by atoms with Gasteiger partial charge in [-0.3, -0.25) is 14.3 Å². The van der Waals surface area contributed by atoms with Crippen LogP contribution in [0, 0.1) is 0 Å². The van der Waals surface area contributed by atoms with Crippen molar-refractivity contribution in [2.45, 2.75) is 38.5 Å². The lowest BCUT2D eigenvalue weighted by atomic mass is 10.0. The van der Waals surface area contributed by atoms with Crippen molar-refractivity contribution in [3.63, 3.8) is 0 Å². The number of likely N-dealkylation sites (tertiary alicyclic amines) is 1. The molecule has 0 bridgehead atoms. The van der Waals surface area contributed by atoms with Gasteiger partial charge in [-0.2, -0.15) is 19.0 Å². The van der Waals surface area contributed by atoms with Crippen LogP contribution >= 0.6 is 11.6 Å². The minimum absolute atomic E-state index is 0.0612. The number of aliphatic carboxylic acids is 1. The zero-order chi connectivity index (χ0) is 28.9. The van der Waals surface area contributed by atoms with E-state index in [9.17, 15) is 18.4 Å². The summed E-state index contributed by atoms with van der Waals surface area (Å²) in [6.07, 6.45) is 8.02. The summed E-state index contributed by atoms with van der Waals surface area (Å²) in [4.78, 5) is 30.7. The second kappa shape index (κ2) is 12.7. The number of carbonyl (C=O) groups excluding carboxylic acids is 1. The summed E-state index contributed by atoms with van der Waals surface area (Å²) in [5.41, 5.74) is 1.83. The number of piperidine rings is 1. The molecule has 0 saturated carbocycles. The van der Waals surface area contributed by atoms with E-state index in [-0.39, 0.29) is 36.1 Å². The molecule has 14 heteroatoms. The number of nitrogens with zero attached hydrogens (tertiary/aromatic N) is 6. The Kier molecular flexibility index (Phi) is 8.86. The molecule has 1 aliphatic heterocycles. The van der Waals surface area contributed by atoms with E-state index in [2.05, 4.69) is 25.4 Å². The van der Waals surface area contributed by atoms with E-state index >= 15 is 0 Å². The Morgan fingerprint density at radius 2 is 2.02 bits per heavy atom. The minimum Gasteiger partial charge on any atom is -0.480 e. The molecular formula is C27H28ClF2N7O4. The van der Waals surface area contributed by atoms with Gasteiger partial charge in [0.05, 0.1) is 30.5 Å². The summed E-state index contributed by atoms with van der Waals surface area (Å²) in [5, 5.41) is 21.1. The molecule has 1 aliphatic rings. The number of fused-ring (bicyclic) bond motifs is 1. The van der Waals surface area contributed by atoms with Gasteiger partial charge in [-0.1, -0.05) is 11.6 Å². The van der Waals surface area contributed by atoms with Crippen LogP contribution < -0.4 is 10.1 Å². The number of carboxylic acid groups (broad SMARTS) is 1. The molecule has 0 spiro atoms. The Labute approximate surface area is 238 Å². The SMILES string of the molecule is O=C(O)CNC1CCN(CCn2cc(CC(=O)c3cnn4cccnc34)c(-c3cc(Cl)ccc3OC(F)F)n2)CC1. The fourth-order valence-electron chi connectivity index (χ4n) is 4.95. The predicted molar refractivity (Wildman–Crippen MR) is 145 cm³/mol. The Morgan fingerprint density at radius 3 is 2.78 bits per heavy atom. The summed E-state index contributed by atoms with van der Waals surface area (Å²) in [7, 11) is 0. The fraction of sp³-hybridized carbons (Fsp3) is 0.370. The Hall–Kier alpha value is -3.94. The van der Waals surface area contributed by atoms with Crippen LogP contribution in [-0.2, 0) is 17.8 Å². The maximum Gasteiger partial charge on any atom is 0.387 e. The van der Waals surface area contributed by atoms with Crippen molar-refractivity contribution in [3.8, 4) is 17.0 Å². The molecule has 0 aliphatic carbocycles. The second-order valence-corrected chi connectivity index (χ2v) is 10.2. The van der Waals surface area contributed by atoms with Crippen LogP contribution in [0.3, 0.4) is 0 Å². The Bertz CT molecular complexity index is 1540. The van der Waals surface area contributed by atoms with Crippen LogP contribution in [0.2, 0.25) is 5.02 Å². The van der Waals surface area contributed by atoms with Crippen LogP contribution in [0.4, 0.5) is 8.78 Å². The van der Waals surface area contributed by atoms with Crippen LogP contribution in [-0.4, -0.2) is 85.0 Å². The summed E-state index contributed by atoms with van der Waals surface area (Å²) in [5.74, 6) is -1.23. The molecule has 4 aromatic rings. The van der Waals surface area contributed by atoms with E-state index in [4.69, 9.17) is 21.4 Å². The molecule has 0 unspecified atom stereocenters. The average molecular weight is 588 g/mol. The molecule has 0 atom stereocenters. The highest BCUT2D eigenvalue weighted by atomic mass is 35.5. The molecule has 2 N–H and O–H groups in total. The number of alkyl halides is 2. The van der Waals surface area contributed by atoms with Gasteiger partial charge in [-0.05, 0) is 50.2 Å². The highest BCUT2D eigenvalue weighted by Gasteiger charge is 2.24. The number of ether oxygens (including phenoxy) is 1. The van der Waals surface area contributed by atoms with Crippen LogP contribution in [0.5, 0.6) is 5.75 Å². The van der Waals surface area contributed by atoms with Crippen LogP contribution in [0.15, 0.2) is 49.1 Å². The van der Waals surface area contributed by atoms with E-state index in [1.165, 1.54) is 28.9 Å². The third-order valence-electron chi connectivity index (χ3n) is 6.96. The quantitative estimate of drug-likeness (QED) is 0.240. The maximum absolute atomic E-state index is 13.4. The number of carboxylic acids is 1. The average Bonchev–Trinajstić information content (AvgIpc) is 3.56. The number of hydrogen-bond donors (Lipinski definition) is 2. The standard InChI is InChI=1S/C27H28ClF2N7O4/c28-18-2-3-23(41-27(29)30)20(13-18)25-17(12-22(38)21-14-33-37-7-1-6-31-26(21)37)16-36(34-25)11-10-35-8-4-19(5-9-35)32-15-24(39)40/h1-3,6-7,13-14,16,19,27,32H,4-5,8-12,15H2,(H,39,40). The Morgan fingerprint density at radius 1 is 1.22 bits per heavy atom. The summed E-state index contributed by atoms with van der Waals surface area (Å²) in [6, 6.07) is 6.15. The minimum atomic E-state index is -3.06. The molecule has 216 valence electrons. The number of ketones is 1. The number of rotatable bonds is 12. The van der Waals surface area contributed by atoms with Crippen molar-refractivity contribution < 1.29 is 28.2 Å². The highest BCUT2D eigenvalue weighted by Crippen LogP contribution is 2.35. The number of Topliss-reactive ketones (excluding diaryl/α,β-unsaturated/α-hetero) is 1. The van der Waals surface area contributed by atoms with E-state index in [0.717, 1.165) is 25.9 Å². The van der Waals surface area contributed by atoms with Gasteiger partial charge in [0.25, 0.3) is 0 Å². The zero-order valence-corrected chi connectivity index (χ0v) is 22.7. The van der Waals surface area contributed by atoms with E-state index in [1.807, 2.05) is 0 Å².